The molecule has 0 aromatic carbocycles. The molecule has 0 aliphatic carbocycles. The molecule has 0 saturated heterocycles. The van der Waals surface area contributed by atoms with E-state index in [-0.39, 0.29) is 19.1 Å². The zero-order valence-corrected chi connectivity index (χ0v) is 21.4. The Morgan fingerprint density at radius 1 is 0.968 bits per heavy atom. The third kappa shape index (κ3) is 18.7. The molecule has 3 unspecified atom stereocenters. The lowest BCUT2D eigenvalue weighted by Crippen LogP contribution is -2.46. The van der Waals surface area contributed by atoms with Gasteiger partial charge in [0.1, 0.15) is 13.2 Å². The first-order chi connectivity index (χ1) is 14.5. The molecule has 8 nitrogen and oxygen atoms in total. The molecule has 0 aromatic rings. The number of phosphoric acid groups is 1. The number of carbonyl (C=O) groups excluding carboxylic acids is 1. The van der Waals surface area contributed by atoms with Crippen molar-refractivity contribution in [1.82, 2.24) is 5.32 Å². The first-order valence-electron chi connectivity index (χ1n) is 11.9. The third-order valence-corrected chi connectivity index (χ3v) is 6.09. The van der Waals surface area contributed by atoms with Gasteiger partial charge in [-0.1, -0.05) is 65.2 Å². The van der Waals surface area contributed by atoms with Crippen molar-refractivity contribution < 1.29 is 32.9 Å². The molecule has 9 heteroatoms. The SMILES string of the molecule is CCCCCCCCC(=O)NC(COP(=O)(O)OCC[N+](C)(C)C)C(O)CCCCC. The second kappa shape index (κ2) is 17.0. The third-order valence-electron chi connectivity index (χ3n) is 5.11. The highest BCUT2D eigenvalue weighted by atomic mass is 31.2. The van der Waals surface area contributed by atoms with Crippen molar-refractivity contribution in [3.8, 4) is 0 Å². The Balaban J connectivity index is 4.61. The summed E-state index contributed by atoms with van der Waals surface area (Å²) in [6.45, 7) is 4.59. The van der Waals surface area contributed by atoms with Crippen molar-refractivity contribution in [2.75, 3.05) is 40.9 Å². The molecular weight excluding hydrogens is 419 g/mol. The van der Waals surface area contributed by atoms with E-state index in [0.29, 0.717) is 23.9 Å². The largest absolute Gasteiger partial charge is 0.472 e. The van der Waals surface area contributed by atoms with E-state index in [0.717, 1.165) is 38.5 Å². The van der Waals surface area contributed by atoms with Crippen LogP contribution in [0.5, 0.6) is 0 Å². The molecule has 3 atom stereocenters. The molecule has 0 saturated carbocycles. The maximum absolute atomic E-state index is 12.3. The predicted octanol–water partition coefficient (Wildman–Crippen LogP) is 4.00. The van der Waals surface area contributed by atoms with Gasteiger partial charge < -0.3 is 19.8 Å². The van der Waals surface area contributed by atoms with Gasteiger partial charge in [0.15, 0.2) is 0 Å². The van der Waals surface area contributed by atoms with E-state index < -0.39 is 20.0 Å². The van der Waals surface area contributed by atoms with E-state index in [1.54, 1.807) is 0 Å². The molecule has 1 amide bonds. The van der Waals surface area contributed by atoms with Gasteiger partial charge in [0.05, 0.1) is 39.9 Å². The molecule has 0 spiro atoms. The molecule has 0 rings (SSSR count). The van der Waals surface area contributed by atoms with Crippen LogP contribution in [0, 0.1) is 0 Å². The number of likely N-dealkylation sites (N-methyl/N-ethyl adjacent to an activating group) is 1. The number of carbonyl (C=O) groups is 1. The minimum atomic E-state index is -4.26. The van der Waals surface area contributed by atoms with Gasteiger partial charge in [-0.3, -0.25) is 13.8 Å². The van der Waals surface area contributed by atoms with Crippen molar-refractivity contribution in [3.05, 3.63) is 0 Å². The van der Waals surface area contributed by atoms with Crippen LogP contribution >= 0.6 is 7.82 Å². The summed E-state index contributed by atoms with van der Waals surface area (Å²) >= 11 is 0. The number of rotatable bonds is 20. The lowest BCUT2D eigenvalue weighted by atomic mass is 10.0. The second-order valence-electron chi connectivity index (χ2n) is 9.37. The Kier molecular flexibility index (Phi) is 16.8. The predicted molar refractivity (Wildman–Crippen MR) is 125 cm³/mol. The molecule has 0 aliphatic heterocycles. The summed E-state index contributed by atoms with van der Waals surface area (Å²) in [5.74, 6) is -0.169. The number of nitrogens with one attached hydrogen (secondary N) is 1. The fourth-order valence-corrected chi connectivity index (χ4v) is 3.78. The van der Waals surface area contributed by atoms with Gasteiger partial charge in [0, 0.05) is 6.42 Å². The van der Waals surface area contributed by atoms with E-state index in [9.17, 15) is 19.4 Å². The highest BCUT2D eigenvalue weighted by Crippen LogP contribution is 2.43. The Labute approximate surface area is 189 Å². The van der Waals surface area contributed by atoms with E-state index >= 15 is 0 Å². The highest BCUT2D eigenvalue weighted by Gasteiger charge is 2.28. The fraction of sp³-hybridized carbons (Fsp3) is 0.955. The maximum atomic E-state index is 12.3. The van der Waals surface area contributed by atoms with Gasteiger partial charge in [0.25, 0.3) is 0 Å². The molecule has 0 bridgehead atoms. The fourth-order valence-electron chi connectivity index (χ4n) is 3.04. The highest BCUT2D eigenvalue weighted by molar-refractivity contribution is 7.47. The van der Waals surface area contributed by atoms with Crippen molar-refractivity contribution in [3.63, 3.8) is 0 Å². The summed E-state index contributed by atoms with van der Waals surface area (Å²) in [7, 11) is 1.60. The van der Waals surface area contributed by atoms with Gasteiger partial charge in [-0.15, -0.1) is 0 Å². The molecule has 186 valence electrons. The molecule has 0 fully saturated rings. The average Bonchev–Trinajstić information content (AvgIpc) is 2.66. The minimum absolute atomic E-state index is 0.0748. The standard InChI is InChI=1S/C22H47N2O6P/c1-6-8-10-11-12-14-16-22(26)23-20(21(25)15-13-9-7-2)19-30-31(27,28)29-18-17-24(3,4)5/h20-21,25H,6-19H2,1-5H3,(H-,23,26,27,28)/p+1. The van der Waals surface area contributed by atoms with Gasteiger partial charge in [-0.25, -0.2) is 4.57 Å². The Hall–Kier alpha value is -0.500. The van der Waals surface area contributed by atoms with E-state index in [1.807, 2.05) is 21.1 Å². The van der Waals surface area contributed by atoms with Crippen LogP contribution < -0.4 is 5.32 Å². The maximum Gasteiger partial charge on any atom is 0.472 e. The zero-order chi connectivity index (χ0) is 23.8. The van der Waals surface area contributed by atoms with Gasteiger partial charge >= 0.3 is 7.82 Å². The number of quaternary nitrogens is 1. The smallest absolute Gasteiger partial charge is 0.391 e. The number of phosphoric ester groups is 1. The Bertz CT molecular complexity index is 513. The van der Waals surface area contributed by atoms with Crippen LogP contribution in [-0.2, 0) is 18.4 Å². The molecule has 0 heterocycles. The molecular formula is C22H48N2O6P+. The van der Waals surface area contributed by atoms with E-state index in [1.165, 1.54) is 19.3 Å². The number of hydrogen-bond donors (Lipinski definition) is 3. The minimum Gasteiger partial charge on any atom is -0.391 e. The van der Waals surface area contributed by atoms with Crippen LogP contribution in [0.4, 0.5) is 0 Å². The van der Waals surface area contributed by atoms with Crippen LogP contribution in [0.1, 0.15) is 84.5 Å². The molecule has 0 radical (unpaired) electrons. The quantitative estimate of drug-likeness (QED) is 0.142. The van der Waals surface area contributed by atoms with Crippen molar-refractivity contribution in [2.24, 2.45) is 0 Å². The number of aliphatic hydroxyl groups is 1. The normalized spacial score (nSPS) is 16.0. The number of unbranched alkanes of at least 4 members (excludes halogenated alkanes) is 7. The topological polar surface area (TPSA) is 105 Å². The molecule has 0 aliphatic rings. The van der Waals surface area contributed by atoms with Gasteiger partial charge in [0.2, 0.25) is 5.91 Å². The van der Waals surface area contributed by atoms with Crippen molar-refractivity contribution in [2.45, 2.75) is 96.6 Å². The summed E-state index contributed by atoms with van der Waals surface area (Å²) in [6.07, 6.45) is 9.34. The van der Waals surface area contributed by atoms with Crippen LogP contribution in [-0.4, -0.2) is 73.4 Å². The number of amides is 1. The van der Waals surface area contributed by atoms with Crippen LogP contribution in [0.25, 0.3) is 0 Å². The van der Waals surface area contributed by atoms with Crippen LogP contribution in [0.2, 0.25) is 0 Å². The van der Waals surface area contributed by atoms with E-state index in [4.69, 9.17) is 9.05 Å². The average molecular weight is 468 g/mol. The molecule has 0 aromatic heterocycles. The molecule has 31 heavy (non-hydrogen) atoms. The number of nitrogens with zero attached hydrogens (tertiary/aromatic N) is 1. The monoisotopic (exact) mass is 467 g/mol. The lowest BCUT2D eigenvalue weighted by molar-refractivity contribution is -0.870. The molecule has 3 N–H and O–H groups in total. The van der Waals surface area contributed by atoms with Crippen molar-refractivity contribution >= 4 is 13.7 Å². The first-order valence-corrected chi connectivity index (χ1v) is 13.4. The zero-order valence-electron chi connectivity index (χ0n) is 20.5. The second-order valence-corrected chi connectivity index (χ2v) is 10.8. The summed E-state index contributed by atoms with van der Waals surface area (Å²) in [5.41, 5.74) is 0. The van der Waals surface area contributed by atoms with Crippen LogP contribution in [0.3, 0.4) is 0 Å². The summed E-state index contributed by atoms with van der Waals surface area (Å²) in [4.78, 5) is 22.3. The summed E-state index contributed by atoms with van der Waals surface area (Å²) in [5, 5.41) is 13.3. The van der Waals surface area contributed by atoms with Crippen molar-refractivity contribution in [1.29, 1.82) is 0 Å². The van der Waals surface area contributed by atoms with Crippen LogP contribution in [0.15, 0.2) is 0 Å². The number of aliphatic hydroxyl groups excluding tert-OH is 1. The van der Waals surface area contributed by atoms with E-state index in [2.05, 4.69) is 19.2 Å². The Morgan fingerprint density at radius 3 is 2.16 bits per heavy atom. The van der Waals surface area contributed by atoms with Gasteiger partial charge in [-0.2, -0.15) is 0 Å². The van der Waals surface area contributed by atoms with Gasteiger partial charge in [-0.05, 0) is 12.8 Å². The summed E-state index contributed by atoms with van der Waals surface area (Å²) in [6, 6.07) is -0.744. The summed E-state index contributed by atoms with van der Waals surface area (Å²) < 4.78 is 22.9. The number of hydrogen-bond acceptors (Lipinski definition) is 5. The lowest BCUT2D eigenvalue weighted by Gasteiger charge is -2.26. The first kappa shape index (κ1) is 30.5. The Morgan fingerprint density at radius 2 is 1.55 bits per heavy atom.